The molecule has 0 fully saturated rings. The predicted octanol–water partition coefficient (Wildman–Crippen LogP) is 12.2. The van der Waals surface area contributed by atoms with Crippen molar-refractivity contribution in [2.45, 2.75) is 52.4 Å². The van der Waals surface area contributed by atoms with Crippen LogP contribution in [0.1, 0.15) is 52.7 Å². The first-order chi connectivity index (χ1) is 25.1. The summed E-state index contributed by atoms with van der Waals surface area (Å²) < 4.78 is 2.26. The lowest BCUT2D eigenvalue weighted by atomic mass is 9.59. The van der Waals surface area contributed by atoms with Gasteiger partial charge in [-0.2, -0.15) is 9.97 Å². The number of hydrogen-bond donors (Lipinski definition) is 0. The molecule has 8 aromatic rings. The number of aromatic nitrogens is 4. The minimum Gasteiger partial charge on any atom is -0.278 e. The van der Waals surface area contributed by atoms with Crippen molar-refractivity contribution in [1.29, 1.82) is 0 Å². The Morgan fingerprint density at radius 2 is 0.923 bits per heavy atom. The molecule has 0 atom stereocenters. The summed E-state index contributed by atoms with van der Waals surface area (Å²) in [5.74, 6) is 1.88. The van der Waals surface area contributed by atoms with Gasteiger partial charge in [0, 0.05) is 21.9 Å². The maximum atomic E-state index is 5.37. The Morgan fingerprint density at radius 3 is 1.52 bits per heavy atom. The Morgan fingerprint density at radius 1 is 0.423 bits per heavy atom. The molecule has 1 aliphatic carbocycles. The van der Waals surface area contributed by atoms with Crippen molar-refractivity contribution in [3.63, 3.8) is 0 Å². The third kappa shape index (κ3) is 4.70. The Hall–Kier alpha value is -5.87. The van der Waals surface area contributed by atoms with E-state index >= 15 is 0 Å². The summed E-state index contributed by atoms with van der Waals surface area (Å²) in [5, 5.41) is 2.51. The molecule has 0 aliphatic heterocycles. The summed E-state index contributed by atoms with van der Waals surface area (Å²) in [6, 6.07) is 51.4. The molecule has 4 heteroatoms. The second kappa shape index (κ2) is 11.6. The van der Waals surface area contributed by atoms with E-state index in [0.29, 0.717) is 17.6 Å². The first-order valence-corrected chi connectivity index (χ1v) is 18.2. The molecule has 0 radical (unpaired) electrons. The maximum absolute atomic E-state index is 5.37. The Bertz CT molecular complexity index is 2570. The Balaban J connectivity index is 1.35. The molecular formula is C48H42N4. The maximum Gasteiger partial charge on any atom is 0.238 e. The van der Waals surface area contributed by atoms with Gasteiger partial charge < -0.3 is 0 Å². The molecule has 0 bridgehead atoms. The molecule has 52 heavy (non-hydrogen) atoms. The van der Waals surface area contributed by atoms with E-state index in [1.54, 1.807) is 0 Å². The highest BCUT2D eigenvalue weighted by molar-refractivity contribution is 6.12. The van der Waals surface area contributed by atoms with E-state index in [2.05, 4.69) is 174 Å². The van der Waals surface area contributed by atoms with Crippen LogP contribution < -0.4 is 0 Å². The van der Waals surface area contributed by atoms with Crippen LogP contribution in [0, 0.1) is 5.41 Å². The summed E-state index contributed by atoms with van der Waals surface area (Å²) in [6.45, 7) is 14.5. The van der Waals surface area contributed by atoms with Crippen LogP contribution in [0.25, 0.3) is 72.8 Å². The molecule has 1 aliphatic rings. The molecule has 2 heterocycles. The molecule has 254 valence electrons. The molecule has 0 saturated heterocycles. The van der Waals surface area contributed by atoms with Crippen molar-refractivity contribution >= 4 is 21.8 Å². The standard InChI is InChI=1S/C48H42N4/c1-46(2)38-26-27-40-41(42(38)47(3,4)48(46,5)6)37-24-16-17-25-39(37)52(40)45-50-43(33-22-14-9-15-23-33)49-44(51-45)36-29-34(31-18-10-7-11-19-31)28-35(30-36)32-20-12-8-13-21-32/h7-30H,1-6H3. The van der Waals surface area contributed by atoms with Crippen molar-refractivity contribution in [3.8, 4) is 51.0 Å². The quantitative estimate of drug-likeness (QED) is 0.182. The fourth-order valence-corrected chi connectivity index (χ4v) is 8.54. The van der Waals surface area contributed by atoms with Crippen LogP contribution in [-0.4, -0.2) is 19.5 Å². The minimum absolute atomic E-state index is 0.00965. The van der Waals surface area contributed by atoms with Gasteiger partial charge in [-0.1, -0.05) is 157 Å². The zero-order chi connectivity index (χ0) is 35.8. The predicted molar refractivity (Wildman–Crippen MR) is 216 cm³/mol. The largest absolute Gasteiger partial charge is 0.278 e. The highest BCUT2D eigenvalue weighted by atomic mass is 15.2. The molecule has 2 aromatic heterocycles. The van der Waals surface area contributed by atoms with E-state index in [1.165, 1.54) is 21.9 Å². The van der Waals surface area contributed by atoms with Gasteiger partial charge in [0.05, 0.1) is 11.0 Å². The van der Waals surface area contributed by atoms with Crippen LogP contribution in [-0.2, 0) is 10.8 Å². The minimum atomic E-state index is -0.0779. The molecule has 0 spiro atoms. The second-order valence-electron chi connectivity index (χ2n) is 15.8. The topological polar surface area (TPSA) is 43.6 Å². The summed E-state index contributed by atoms with van der Waals surface area (Å²) in [7, 11) is 0. The van der Waals surface area contributed by atoms with Gasteiger partial charge in [0.1, 0.15) is 0 Å². The third-order valence-corrected chi connectivity index (χ3v) is 12.5. The van der Waals surface area contributed by atoms with Gasteiger partial charge in [-0.3, -0.25) is 4.57 Å². The van der Waals surface area contributed by atoms with Crippen LogP contribution >= 0.6 is 0 Å². The zero-order valence-corrected chi connectivity index (χ0v) is 30.6. The van der Waals surface area contributed by atoms with E-state index in [4.69, 9.17) is 15.0 Å². The van der Waals surface area contributed by atoms with Crippen LogP contribution in [0.3, 0.4) is 0 Å². The highest BCUT2D eigenvalue weighted by Gasteiger charge is 2.57. The van der Waals surface area contributed by atoms with Crippen LogP contribution in [0.15, 0.2) is 146 Å². The SMILES string of the molecule is CC1(C)c2ccc3c(c2C(C)(C)C1(C)C)c1ccccc1n3-c1nc(-c2ccccc2)nc(-c2cc(-c3ccccc3)cc(-c3ccccc3)c2)n1. The van der Waals surface area contributed by atoms with Crippen LogP contribution in [0.2, 0.25) is 0 Å². The molecule has 6 aromatic carbocycles. The monoisotopic (exact) mass is 674 g/mol. The van der Waals surface area contributed by atoms with E-state index in [1.807, 2.05) is 18.2 Å². The summed E-state index contributed by atoms with van der Waals surface area (Å²) >= 11 is 0. The lowest BCUT2D eigenvalue weighted by molar-refractivity contribution is 0.125. The van der Waals surface area contributed by atoms with Crippen molar-refractivity contribution in [1.82, 2.24) is 19.5 Å². The fraction of sp³-hybridized carbons (Fsp3) is 0.188. The van der Waals surface area contributed by atoms with E-state index < -0.39 is 0 Å². The molecule has 4 nitrogen and oxygen atoms in total. The third-order valence-electron chi connectivity index (χ3n) is 12.5. The van der Waals surface area contributed by atoms with Gasteiger partial charge in [-0.25, -0.2) is 4.98 Å². The molecule has 9 rings (SSSR count). The van der Waals surface area contributed by atoms with Gasteiger partial charge in [0.2, 0.25) is 5.95 Å². The normalized spacial score (nSPS) is 15.6. The number of benzene rings is 6. The smallest absolute Gasteiger partial charge is 0.238 e. The van der Waals surface area contributed by atoms with Crippen molar-refractivity contribution in [2.24, 2.45) is 5.41 Å². The van der Waals surface area contributed by atoms with Gasteiger partial charge in [-0.15, -0.1) is 0 Å². The number of rotatable bonds is 5. The summed E-state index contributed by atoms with van der Waals surface area (Å²) in [4.78, 5) is 15.8. The van der Waals surface area contributed by atoms with Gasteiger partial charge in [0.25, 0.3) is 0 Å². The zero-order valence-electron chi connectivity index (χ0n) is 30.6. The van der Waals surface area contributed by atoms with E-state index in [0.717, 1.165) is 44.4 Å². The van der Waals surface area contributed by atoms with Crippen molar-refractivity contribution in [3.05, 3.63) is 157 Å². The fourth-order valence-electron chi connectivity index (χ4n) is 8.54. The molecule has 0 unspecified atom stereocenters. The van der Waals surface area contributed by atoms with Crippen LogP contribution in [0.5, 0.6) is 0 Å². The number of nitrogens with zero attached hydrogens (tertiary/aromatic N) is 4. The molecule has 0 saturated carbocycles. The number of para-hydroxylation sites is 1. The summed E-state index contributed by atoms with van der Waals surface area (Å²) in [5.41, 5.74) is 11.4. The van der Waals surface area contributed by atoms with E-state index in [-0.39, 0.29) is 16.2 Å². The molecule has 0 N–H and O–H groups in total. The van der Waals surface area contributed by atoms with Crippen molar-refractivity contribution in [2.75, 3.05) is 0 Å². The van der Waals surface area contributed by atoms with Gasteiger partial charge in [0.15, 0.2) is 11.6 Å². The number of fused-ring (bicyclic) bond motifs is 5. The lowest BCUT2D eigenvalue weighted by Crippen LogP contribution is -2.42. The van der Waals surface area contributed by atoms with Gasteiger partial charge in [-0.05, 0) is 80.0 Å². The molecule has 0 amide bonds. The average molecular weight is 675 g/mol. The number of hydrogen-bond acceptors (Lipinski definition) is 3. The average Bonchev–Trinajstić information content (AvgIpc) is 3.57. The Kier molecular flexibility index (Phi) is 7.14. The first kappa shape index (κ1) is 32.1. The van der Waals surface area contributed by atoms with Crippen molar-refractivity contribution < 1.29 is 0 Å². The highest BCUT2D eigenvalue weighted by Crippen LogP contribution is 2.63. The Labute approximate surface area is 305 Å². The lowest BCUT2D eigenvalue weighted by Gasteiger charge is -2.44. The van der Waals surface area contributed by atoms with Gasteiger partial charge >= 0.3 is 0 Å². The van der Waals surface area contributed by atoms with E-state index in [9.17, 15) is 0 Å². The second-order valence-corrected chi connectivity index (χ2v) is 15.8. The van der Waals surface area contributed by atoms with Crippen LogP contribution in [0.4, 0.5) is 0 Å². The molecular weight excluding hydrogens is 633 g/mol. The summed E-state index contributed by atoms with van der Waals surface area (Å²) in [6.07, 6.45) is 0. The first-order valence-electron chi connectivity index (χ1n) is 18.2.